The highest BCUT2D eigenvalue weighted by molar-refractivity contribution is 6.00. The molecule has 24 nitrogen and oxygen atoms in total. The lowest BCUT2D eigenvalue weighted by atomic mass is 9.89. The fraction of sp³-hybridized carbons (Fsp3) is 0.800. The number of hydrogen-bond acceptors (Lipinski definition) is 13. The van der Waals surface area contributed by atoms with Crippen LogP contribution < -0.4 is 21.3 Å². The Morgan fingerprint density at radius 1 is 0.539 bits per heavy atom. The lowest BCUT2D eigenvalue weighted by Gasteiger charge is -2.48. The maximum absolute atomic E-state index is 15.8. The monoisotopic (exact) mass is 1260 g/mol. The molecule has 510 valence electrons. The summed E-state index contributed by atoms with van der Waals surface area (Å²) >= 11 is 0. The number of aliphatic hydroxyl groups excluding tert-OH is 1. The second kappa shape index (κ2) is 36.6. The Bertz CT molecular complexity index is 2430. The van der Waals surface area contributed by atoms with Gasteiger partial charge in [0, 0.05) is 61.9 Å². The lowest BCUT2D eigenvalue weighted by Crippen LogP contribution is -2.70. The molecule has 1 aliphatic heterocycles. The molecule has 0 aromatic carbocycles. The van der Waals surface area contributed by atoms with E-state index < -0.39 is 155 Å². The van der Waals surface area contributed by atoms with Gasteiger partial charge in [0.2, 0.25) is 64.8 Å². The Hall–Kier alpha value is -6.17. The van der Waals surface area contributed by atoms with E-state index in [2.05, 4.69) is 21.3 Å². The number of carbonyl (C=O) groups is 11. The van der Waals surface area contributed by atoms with E-state index in [9.17, 15) is 38.7 Å². The zero-order valence-electron chi connectivity index (χ0n) is 58.8. The highest BCUT2D eigenvalue weighted by Gasteiger charge is 2.55. The van der Waals surface area contributed by atoms with E-state index in [1.807, 2.05) is 62.3 Å². The summed E-state index contributed by atoms with van der Waals surface area (Å²) in [5.74, 6) is -10.6. The van der Waals surface area contributed by atoms with Crippen molar-refractivity contribution in [1.29, 1.82) is 0 Å². The molecule has 0 saturated carbocycles. The summed E-state index contributed by atoms with van der Waals surface area (Å²) in [5.41, 5.74) is -2.19. The van der Waals surface area contributed by atoms with Crippen LogP contribution in [-0.2, 0) is 57.5 Å². The van der Waals surface area contributed by atoms with Gasteiger partial charge in [-0.3, -0.25) is 52.7 Å². The van der Waals surface area contributed by atoms with Crippen LogP contribution in [-0.4, -0.2) is 233 Å². The van der Waals surface area contributed by atoms with Crippen LogP contribution in [0.4, 0.5) is 0 Å². The Balaban J connectivity index is 4.50. The maximum atomic E-state index is 15.8. The summed E-state index contributed by atoms with van der Waals surface area (Å²) in [5, 5.41) is 23.3. The van der Waals surface area contributed by atoms with Gasteiger partial charge in [-0.2, -0.15) is 0 Å². The number of amides is 11. The molecule has 1 saturated heterocycles. The SMILES string of the molecule is C/C=C/C[C@@H](C)[C@@H](O)[C@H]1C(=O)N[C@@H](CC)C(=O)N(C)CC(=O)N(C)[C@@H](CC(C)C)C(=O)N[C@@H](C(C)C)C(=O)N(C)[C@@H](CC(C)C)C(=O)N[C@@H](C)C(=O)N[C@H](C)C(=O)N(C)[C@@H](CC(C)C)C(=O)N(C)[C@@H](CC(C)C)C(=O)N(C)[C@](OCCC)(C(C)C)C(=O)N1C. The third-order valence-corrected chi connectivity index (χ3v) is 16.8. The Labute approximate surface area is 533 Å². The van der Waals surface area contributed by atoms with Crippen molar-refractivity contribution in [3.63, 3.8) is 0 Å². The minimum Gasteiger partial charge on any atom is -0.390 e. The van der Waals surface area contributed by atoms with Crippen LogP contribution in [0.5, 0.6) is 0 Å². The number of rotatable bonds is 18. The predicted octanol–water partition coefficient (Wildman–Crippen LogP) is 4.02. The molecular weight excluding hydrogens is 1140 g/mol. The highest BCUT2D eigenvalue weighted by Crippen LogP contribution is 2.33. The summed E-state index contributed by atoms with van der Waals surface area (Å²) in [4.78, 5) is 171. The quantitative estimate of drug-likeness (QED) is 0.121. The topological polar surface area (TPSA) is 288 Å². The van der Waals surface area contributed by atoms with Crippen LogP contribution in [0.3, 0.4) is 0 Å². The first-order chi connectivity index (χ1) is 41.1. The lowest BCUT2D eigenvalue weighted by molar-refractivity contribution is -0.209. The zero-order valence-corrected chi connectivity index (χ0v) is 58.8. The molecule has 0 bridgehead atoms. The predicted molar refractivity (Wildman–Crippen MR) is 344 cm³/mol. The second-order valence-electron chi connectivity index (χ2n) is 27.0. The van der Waals surface area contributed by atoms with Crippen molar-refractivity contribution >= 4 is 65.0 Å². The zero-order chi connectivity index (χ0) is 69.0. The minimum absolute atomic E-state index is 0.00399. The van der Waals surface area contributed by atoms with E-state index in [-0.39, 0.29) is 68.8 Å². The van der Waals surface area contributed by atoms with Crippen molar-refractivity contribution in [1.82, 2.24) is 55.6 Å². The number of likely N-dealkylation sites (N-methyl/N-ethyl adjacent to an activating group) is 7. The van der Waals surface area contributed by atoms with E-state index in [4.69, 9.17) is 4.74 Å². The van der Waals surface area contributed by atoms with Crippen molar-refractivity contribution < 1.29 is 62.6 Å². The fourth-order valence-corrected chi connectivity index (χ4v) is 11.2. The van der Waals surface area contributed by atoms with Gasteiger partial charge in [-0.15, -0.1) is 0 Å². The molecule has 11 amide bonds. The van der Waals surface area contributed by atoms with Gasteiger partial charge in [-0.25, -0.2) is 0 Å². The van der Waals surface area contributed by atoms with Gasteiger partial charge >= 0.3 is 0 Å². The van der Waals surface area contributed by atoms with E-state index >= 15 is 19.2 Å². The third kappa shape index (κ3) is 21.8. The summed E-state index contributed by atoms with van der Waals surface area (Å²) in [6.45, 7) is 30.9. The van der Waals surface area contributed by atoms with Gasteiger partial charge in [-0.1, -0.05) is 116 Å². The second-order valence-corrected chi connectivity index (χ2v) is 27.0. The van der Waals surface area contributed by atoms with Gasteiger partial charge in [-0.05, 0) is 101 Å². The van der Waals surface area contributed by atoms with Gasteiger partial charge < -0.3 is 65.4 Å². The van der Waals surface area contributed by atoms with Crippen molar-refractivity contribution in [2.75, 3.05) is 62.5 Å². The largest absolute Gasteiger partial charge is 0.390 e. The van der Waals surface area contributed by atoms with Crippen molar-refractivity contribution in [3.05, 3.63) is 12.2 Å². The summed E-state index contributed by atoms with van der Waals surface area (Å²) in [6, 6.07) is -11.4. The summed E-state index contributed by atoms with van der Waals surface area (Å²) in [6.07, 6.45) is 3.18. The van der Waals surface area contributed by atoms with E-state index in [0.29, 0.717) is 6.42 Å². The standard InChI is InChI=1S/C65H117N11O13/c1-26-29-30-43(16)54(78)53-58(82)68-46(28-3)60(84)70(19)36-51(77)71(20)47(32-37(4)5)57(81)69-52(41(12)13)63(87)72(21)48(33-38(6)7)56(80)66-44(17)55(79)67-45(18)59(83)73(22)49(34-39(8)9)61(85)74(23)50(35-40(10)11)62(86)76(25)65(42(14)15,89-31-27-2)64(88)75(53)24/h26,29,37-50,52-54,78H,27-28,30-36H2,1-25H3,(H,66,80)(H,67,79)(H,68,82)(H,69,81)/b29-26+/t43-,44+,45-,46+,47+,48+,49+,50+,52+,53+,54-,65+/m1/s1. The first kappa shape index (κ1) is 80.8. The molecule has 0 unspecified atom stereocenters. The molecule has 0 radical (unpaired) electrons. The van der Waals surface area contributed by atoms with Crippen molar-refractivity contribution in [3.8, 4) is 0 Å². The normalized spacial score (nSPS) is 27.1. The van der Waals surface area contributed by atoms with Gasteiger partial charge in [0.1, 0.15) is 54.4 Å². The van der Waals surface area contributed by atoms with E-state index in [0.717, 1.165) is 14.7 Å². The number of ether oxygens (including phenoxy) is 1. The van der Waals surface area contributed by atoms with Gasteiger partial charge in [0.25, 0.3) is 5.91 Å². The van der Waals surface area contributed by atoms with Crippen LogP contribution in [0, 0.1) is 41.4 Å². The molecule has 0 aromatic rings. The first-order valence-electron chi connectivity index (χ1n) is 32.1. The molecule has 89 heavy (non-hydrogen) atoms. The molecule has 0 aromatic heterocycles. The number of allylic oxidation sites excluding steroid dienone is 2. The van der Waals surface area contributed by atoms with E-state index in [1.54, 1.807) is 60.6 Å². The Morgan fingerprint density at radius 2 is 0.989 bits per heavy atom. The summed E-state index contributed by atoms with van der Waals surface area (Å²) < 4.78 is 6.59. The van der Waals surface area contributed by atoms with Crippen LogP contribution in [0.1, 0.15) is 170 Å². The molecular formula is C65H117N11O13. The number of aliphatic hydroxyl groups is 1. The Kier molecular flexibility index (Phi) is 33.3. The Morgan fingerprint density at radius 3 is 1.45 bits per heavy atom. The number of hydrogen-bond donors (Lipinski definition) is 5. The molecule has 1 fully saturated rings. The molecule has 5 N–H and O–H groups in total. The molecule has 1 aliphatic rings. The molecule has 24 heteroatoms. The van der Waals surface area contributed by atoms with Gasteiger partial charge in [0.15, 0.2) is 0 Å². The van der Waals surface area contributed by atoms with Crippen LogP contribution in [0.2, 0.25) is 0 Å². The molecule has 1 rings (SSSR count). The van der Waals surface area contributed by atoms with Gasteiger partial charge in [0.05, 0.1) is 12.6 Å². The summed E-state index contributed by atoms with van der Waals surface area (Å²) in [7, 11) is 9.80. The van der Waals surface area contributed by atoms with Crippen molar-refractivity contribution in [2.24, 2.45) is 41.4 Å². The highest BCUT2D eigenvalue weighted by atomic mass is 16.5. The molecule has 12 atom stereocenters. The molecule has 1 heterocycles. The molecule has 0 aliphatic carbocycles. The average Bonchev–Trinajstić information content (AvgIpc) is 0.791. The first-order valence-corrected chi connectivity index (χ1v) is 32.1. The van der Waals surface area contributed by atoms with Crippen LogP contribution in [0.25, 0.3) is 0 Å². The van der Waals surface area contributed by atoms with Crippen LogP contribution in [0.15, 0.2) is 12.2 Å². The van der Waals surface area contributed by atoms with E-state index in [1.165, 1.54) is 82.8 Å². The average molecular weight is 1260 g/mol. The maximum Gasteiger partial charge on any atom is 0.276 e. The van der Waals surface area contributed by atoms with Crippen molar-refractivity contribution in [2.45, 2.75) is 236 Å². The minimum atomic E-state index is -2.19. The number of nitrogens with zero attached hydrogens (tertiary/aromatic N) is 7. The number of carbonyl (C=O) groups excluding carboxylic acids is 11. The third-order valence-electron chi connectivity index (χ3n) is 16.8. The smallest absolute Gasteiger partial charge is 0.276 e. The fourth-order valence-electron chi connectivity index (χ4n) is 11.2. The number of nitrogens with one attached hydrogen (secondary N) is 4. The van der Waals surface area contributed by atoms with Crippen LogP contribution >= 0.6 is 0 Å². The molecule has 0 spiro atoms.